The number of hydrogen-bond donors (Lipinski definition) is 1. The van der Waals surface area contributed by atoms with Gasteiger partial charge in [-0.2, -0.15) is 13.2 Å². The number of likely N-dealkylation sites (tertiary alicyclic amines) is 2. The molecule has 2 fully saturated rings. The highest BCUT2D eigenvalue weighted by molar-refractivity contribution is 6.31. The van der Waals surface area contributed by atoms with Crippen LogP contribution in [0, 0.1) is 18.8 Å². The number of nitrogens with zero attached hydrogens (tertiary/aromatic N) is 2. The third-order valence-electron chi connectivity index (χ3n) is 6.42. The zero-order valence-corrected chi connectivity index (χ0v) is 18.9. The van der Waals surface area contributed by atoms with Crippen molar-refractivity contribution in [1.29, 1.82) is 0 Å². The van der Waals surface area contributed by atoms with E-state index in [1.165, 1.54) is 12.1 Å². The highest BCUT2D eigenvalue weighted by atomic mass is 35.5. The Hall–Kier alpha value is -2.58. The molecule has 176 valence electrons. The molecule has 2 atom stereocenters. The smallest absolute Gasteiger partial charge is 0.338 e. The number of fused-ring (bicyclic) bond motifs is 1. The molecule has 2 unspecified atom stereocenters. The van der Waals surface area contributed by atoms with E-state index in [9.17, 15) is 22.8 Å². The fourth-order valence-corrected chi connectivity index (χ4v) is 4.76. The number of rotatable bonds is 5. The van der Waals surface area contributed by atoms with Crippen molar-refractivity contribution < 1.29 is 22.8 Å². The summed E-state index contributed by atoms with van der Waals surface area (Å²) in [7, 11) is 0. The summed E-state index contributed by atoms with van der Waals surface area (Å²) in [5, 5.41) is 3.47. The maximum absolute atomic E-state index is 12.7. The molecular weight excluding hydrogens is 455 g/mol. The van der Waals surface area contributed by atoms with E-state index in [1.54, 1.807) is 11.0 Å². The van der Waals surface area contributed by atoms with Crippen LogP contribution >= 0.6 is 11.6 Å². The summed E-state index contributed by atoms with van der Waals surface area (Å²) in [6, 6.07) is 9.79. The molecule has 33 heavy (non-hydrogen) atoms. The normalized spacial score (nSPS) is 20.7. The molecule has 2 amide bonds. The Kier molecular flexibility index (Phi) is 6.68. The van der Waals surface area contributed by atoms with Gasteiger partial charge in [-0.1, -0.05) is 17.7 Å². The molecule has 9 heteroatoms. The van der Waals surface area contributed by atoms with Crippen LogP contribution in [-0.4, -0.2) is 54.3 Å². The molecule has 0 aromatic heterocycles. The third-order valence-corrected chi connectivity index (χ3v) is 6.83. The number of carbonyl (C=O) groups excluding carboxylic acids is 2. The maximum Gasteiger partial charge on any atom is 0.416 e. The number of halogens is 4. The molecule has 0 saturated carbocycles. The van der Waals surface area contributed by atoms with Crippen LogP contribution in [0.4, 0.5) is 18.9 Å². The molecular formula is C24H25ClF3N3O2. The quantitative estimate of drug-likeness (QED) is 0.676. The van der Waals surface area contributed by atoms with Crippen LogP contribution in [0.1, 0.15) is 27.9 Å². The second kappa shape index (κ2) is 9.35. The minimum atomic E-state index is -4.42. The first-order chi connectivity index (χ1) is 15.6. The summed E-state index contributed by atoms with van der Waals surface area (Å²) in [5.41, 5.74) is 1.13. The molecule has 0 aliphatic carbocycles. The molecule has 0 spiro atoms. The van der Waals surface area contributed by atoms with Crippen molar-refractivity contribution in [3.8, 4) is 0 Å². The molecule has 4 rings (SSSR count). The predicted molar refractivity (Wildman–Crippen MR) is 120 cm³/mol. The van der Waals surface area contributed by atoms with E-state index in [0.717, 1.165) is 30.8 Å². The molecule has 1 N–H and O–H groups in total. The van der Waals surface area contributed by atoms with Crippen LogP contribution in [0.15, 0.2) is 42.5 Å². The number of benzene rings is 2. The van der Waals surface area contributed by atoms with Crippen LogP contribution in [-0.2, 0) is 11.0 Å². The van der Waals surface area contributed by atoms with Gasteiger partial charge in [0.15, 0.2) is 0 Å². The highest BCUT2D eigenvalue weighted by Gasteiger charge is 2.41. The Morgan fingerprint density at radius 2 is 1.67 bits per heavy atom. The number of nitrogens with one attached hydrogen (secondary N) is 1. The van der Waals surface area contributed by atoms with Gasteiger partial charge in [-0.25, -0.2) is 0 Å². The SMILES string of the molecule is Cc1ccc(NC(=O)CCN2CC3CN(C(=O)c4ccc(C(F)(F)F)cc4)CC3C2)cc1Cl. The van der Waals surface area contributed by atoms with Gasteiger partial charge in [0.05, 0.1) is 5.56 Å². The zero-order valence-electron chi connectivity index (χ0n) is 18.2. The summed E-state index contributed by atoms with van der Waals surface area (Å²) in [6.07, 6.45) is -4.06. The first kappa shape index (κ1) is 23.6. The topological polar surface area (TPSA) is 52.7 Å². The highest BCUT2D eigenvalue weighted by Crippen LogP contribution is 2.33. The molecule has 0 bridgehead atoms. The molecule has 2 aliphatic heterocycles. The van der Waals surface area contributed by atoms with Gasteiger partial charge in [0.2, 0.25) is 5.91 Å². The lowest BCUT2D eigenvalue weighted by atomic mass is 10.0. The molecule has 2 aromatic rings. The van der Waals surface area contributed by atoms with Crippen molar-refractivity contribution in [3.63, 3.8) is 0 Å². The van der Waals surface area contributed by atoms with E-state index < -0.39 is 11.7 Å². The number of anilines is 1. The Morgan fingerprint density at radius 1 is 1.03 bits per heavy atom. The average Bonchev–Trinajstić information content (AvgIpc) is 3.33. The Bertz CT molecular complexity index is 1030. The Morgan fingerprint density at radius 3 is 2.24 bits per heavy atom. The monoisotopic (exact) mass is 479 g/mol. The van der Waals surface area contributed by atoms with E-state index in [-0.39, 0.29) is 17.4 Å². The van der Waals surface area contributed by atoms with Crippen molar-refractivity contribution in [2.75, 3.05) is 38.0 Å². The number of hydrogen-bond acceptors (Lipinski definition) is 3. The third kappa shape index (κ3) is 5.50. The standard InChI is InChI=1S/C24H25ClF3N3O2/c1-15-2-7-20(10-21(15)25)29-22(32)8-9-30-11-17-13-31(14-18(17)12-30)23(33)16-3-5-19(6-4-16)24(26,27)28/h2-7,10,17-18H,8-9,11-14H2,1H3,(H,29,32). The molecule has 2 saturated heterocycles. The first-order valence-corrected chi connectivity index (χ1v) is 11.2. The number of aryl methyl sites for hydroxylation is 1. The van der Waals surface area contributed by atoms with Gasteiger partial charge in [0.25, 0.3) is 5.91 Å². The number of amides is 2. The lowest BCUT2D eigenvalue weighted by Crippen LogP contribution is -2.34. The summed E-state index contributed by atoms with van der Waals surface area (Å²) in [6.45, 7) is 5.28. The Balaban J connectivity index is 1.24. The molecule has 0 radical (unpaired) electrons. The van der Waals surface area contributed by atoms with Gasteiger partial charge in [0, 0.05) is 55.4 Å². The largest absolute Gasteiger partial charge is 0.416 e. The zero-order chi connectivity index (χ0) is 23.8. The van der Waals surface area contributed by atoms with Gasteiger partial charge >= 0.3 is 6.18 Å². The summed E-state index contributed by atoms with van der Waals surface area (Å²) in [4.78, 5) is 29.0. The van der Waals surface area contributed by atoms with Gasteiger partial charge in [-0.3, -0.25) is 9.59 Å². The van der Waals surface area contributed by atoms with E-state index in [4.69, 9.17) is 11.6 Å². The lowest BCUT2D eigenvalue weighted by molar-refractivity contribution is -0.137. The van der Waals surface area contributed by atoms with Crippen molar-refractivity contribution in [2.24, 2.45) is 11.8 Å². The summed E-state index contributed by atoms with van der Waals surface area (Å²) in [5.74, 6) is 0.302. The minimum Gasteiger partial charge on any atom is -0.338 e. The van der Waals surface area contributed by atoms with Crippen LogP contribution in [0.3, 0.4) is 0 Å². The van der Waals surface area contributed by atoms with E-state index in [1.807, 2.05) is 19.1 Å². The predicted octanol–water partition coefficient (Wildman–Crippen LogP) is 4.70. The van der Waals surface area contributed by atoms with Crippen LogP contribution in [0.2, 0.25) is 5.02 Å². The van der Waals surface area contributed by atoms with Gasteiger partial charge in [-0.05, 0) is 60.7 Å². The van der Waals surface area contributed by atoms with E-state index in [2.05, 4.69) is 10.2 Å². The lowest BCUT2D eigenvalue weighted by Gasteiger charge is -2.21. The average molecular weight is 480 g/mol. The fraction of sp³-hybridized carbons (Fsp3) is 0.417. The van der Waals surface area contributed by atoms with E-state index >= 15 is 0 Å². The van der Waals surface area contributed by atoms with Crippen molar-refractivity contribution in [3.05, 3.63) is 64.2 Å². The first-order valence-electron chi connectivity index (χ1n) is 10.8. The van der Waals surface area contributed by atoms with Crippen molar-refractivity contribution >= 4 is 29.1 Å². The van der Waals surface area contributed by atoms with Gasteiger partial charge in [-0.15, -0.1) is 0 Å². The van der Waals surface area contributed by atoms with Crippen LogP contribution < -0.4 is 5.32 Å². The maximum atomic E-state index is 12.7. The van der Waals surface area contributed by atoms with Crippen molar-refractivity contribution in [2.45, 2.75) is 19.5 Å². The van der Waals surface area contributed by atoms with Gasteiger partial charge < -0.3 is 15.1 Å². The number of alkyl halides is 3. The Labute approximate surface area is 195 Å². The van der Waals surface area contributed by atoms with Gasteiger partial charge in [0.1, 0.15) is 0 Å². The fourth-order valence-electron chi connectivity index (χ4n) is 4.58. The summed E-state index contributed by atoms with van der Waals surface area (Å²) >= 11 is 6.10. The second-order valence-electron chi connectivity index (χ2n) is 8.83. The molecule has 2 heterocycles. The van der Waals surface area contributed by atoms with Crippen LogP contribution in [0.25, 0.3) is 0 Å². The minimum absolute atomic E-state index is 0.0777. The summed E-state index contributed by atoms with van der Waals surface area (Å²) < 4.78 is 38.2. The second-order valence-corrected chi connectivity index (χ2v) is 9.23. The number of carbonyl (C=O) groups is 2. The molecule has 2 aromatic carbocycles. The van der Waals surface area contributed by atoms with Crippen molar-refractivity contribution in [1.82, 2.24) is 9.80 Å². The molecule has 5 nitrogen and oxygen atoms in total. The molecule has 2 aliphatic rings. The van der Waals surface area contributed by atoms with Crippen LogP contribution in [0.5, 0.6) is 0 Å². The van der Waals surface area contributed by atoms with E-state index in [0.29, 0.717) is 48.6 Å².